The van der Waals surface area contributed by atoms with Gasteiger partial charge < -0.3 is 9.88 Å². The van der Waals surface area contributed by atoms with Gasteiger partial charge in [-0.2, -0.15) is 0 Å². The van der Waals surface area contributed by atoms with Crippen LogP contribution in [0.25, 0.3) is 11.0 Å². The Morgan fingerprint density at radius 1 is 1.03 bits per heavy atom. The van der Waals surface area contributed by atoms with Crippen molar-refractivity contribution in [1.82, 2.24) is 9.97 Å². The number of nitrogens with zero attached hydrogens (tertiary/aromatic N) is 2. The third-order valence-corrected chi connectivity index (χ3v) is 6.22. The van der Waals surface area contributed by atoms with E-state index in [1.807, 2.05) is 55.4 Å². The molecule has 3 aromatic carbocycles. The van der Waals surface area contributed by atoms with Crippen molar-refractivity contribution in [3.63, 3.8) is 0 Å². The molecule has 0 aliphatic heterocycles. The topological polar surface area (TPSA) is 66.1 Å². The zero-order chi connectivity index (χ0) is 21.3. The number of benzene rings is 3. The number of nitrogens with one attached hydrogen (secondary N) is 1. The van der Waals surface area contributed by atoms with E-state index in [0.717, 1.165) is 11.3 Å². The summed E-state index contributed by atoms with van der Waals surface area (Å²) < 4.78 is 13.0. The Bertz CT molecular complexity index is 1250. The molecule has 7 heteroatoms. The number of aromatic nitrogens is 2. The lowest BCUT2D eigenvalue weighted by molar-refractivity contribution is 0.103. The molecule has 0 saturated carbocycles. The van der Waals surface area contributed by atoms with Crippen LogP contribution in [-0.4, -0.2) is 34.1 Å². The van der Waals surface area contributed by atoms with E-state index in [4.69, 9.17) is 11.6 Å². The van der Waals surface area contributed by atoms with Gasteiger partial charge in [-0.05, 0) is 42.0 Å². The third kappa shape index (κ3) is 4.15. The van der Waals surface area contributed by atoms with E-state index in [1.54, 1.807) is 30.3 Å². The van der Waals surface area contributed by atoms with E-state index in [9.17, 15) is 9.00 Å². The van der Waals surface area contributed by atoms with Crippen LogP contribution in [-0.2, 0) is 16.6 Å². The van der Waals surface area contributed by atoms with E-state index >= 15 is 0 Å². The summed E-state index contributed by atoms with van der Waals surface area (Å²) in [5.41, 5.74) is 4.36. The van der Waals surface area contributed by atoms with Gasteiger partial charge in [0.15, 0.2) is 10.9 Å². The standard InChI is InChI=1S/C23H20ClN3O2S/c1-27(2)21-11-9-18(24)12-17(21)14-30(29)23-25-19-10-8-16(13-20(19)26-23)22(28)15-6-4-3-5-7-15/h3-13H,14H2,1-2H3,(H,25,26). The molecule has 1 atom stereocenters. The summed E-state index contributed by atoms with van der Waals surface area (Å²) in [7, 11) is 2.47. The van der Waals surface area contributed by atoms with Crippen molar-refractivity contribution in [3.8, 4) is 0 Å². The molecule has 1 N–H and O–H groups in total. The molecule has 1 unspecified atom stereocenters. The van der Waals surface area contributed by atoms with Crippen LogP contribution in [0.4, 0.5) is 5.69 Å². The van der Waals surface area contributed by atoms with Crippen LogP contribution in [0.2, 0.25) is 5.02 Å². The van der Waals surface area contributed by atoms with Gasteiger partial charge in [0.05, 0.1) is 27.6 Å². The van der Waals surface area contributed by atoms with Crippen molar-refractivity contribution >= 4 is 44.9 Å². The van der Waals surface area contributed by atoms with Gasteiger partial charge in [-0.3, -0.25) is 9.00 Å². The van der Waals surface area contributed by atoms with Crippen LogP contribution >= 0.6 is 11.6 Å². The summed E-state index contributed by atoms with van der Waals surface area (Å²) in [5, 5.41) is 0.972. The van der Waals surface area contributed by atoms with E-state index in [1.165, 1.54) is 0 Å². The monoisotopic (exact) mass is 437 g/mol. The van der Waals surface area contributed by atoms with Crippen molar-refractivity contribution in [3.05, 3.63) is 88.4 Å². The molecule has 4 aromatic rings. The number of rotatable bonds is 6. The maximum absolute atomic E-state index is 13.0. The van der Waals surface area contributed by atoms with Gasteiger partial charge in [-0.15, -0.1) is 0 Å². The highest BCUT2D eigenvalue weighted by Gasteiger charge is 2.16. The Morgan fingerprint density at radius 3 is 2.53 bits per heavy atom. The fourth-order valence-electron chi connectivity index (χ4n) is 3.31. The first-order valence-corrected chi connectivity index (χ1v) is 11.1. The molecule has 1 heterocycles. The van der Waals surface area contributed by atoms with Crippen LogP contribution in [0.5, 0.6) is 0 Å². The number of anilines is 1. The number of halogens is 1. The number of ketones is 1. The van der Waals surface area contributed by atoms with E-state index < -0.39 is 10.8 Å². The van der Waals surface area contributed by atoms with E-state index in [0.29, 0.717) is 32.3 Å². The second-order valence-electron chi connectivity index (χ2n) is 7.13. The molecule has 0 bridgehead atoms. The summed E-state index contributed by atoms with van der Waals surface area (Å²) in [5.74, 6) is 0.216. The number of hydrogen-bond donors (Lipinski definition) is 1. The first kappa shape index (κ1) is 20.3. The molecule has 0 fully saturated rings. The Labute approximate surface area is 182 Å². The van der Waals surface area contributed by atoms with Crippen LogP contribution in [0, 0.1) is 0 Å². The number of carbonyl (C=O) groups excluding carboxylic acids is 1. The Hall–Kier alpha value is -2.96. The highest BCUT2D eigenvalue weighted by atomic mass is 35.5. The average Bonchev–Trinajstić information content (AvgIpc) is 3.17. The Balaban J connectivity index is 1.62. The minimum Gasteiger partial charge on any atom is -0.377 e. The molecule has 1 aromatic heterocycles. The molecule has 152 valence electrons. The number of H-pyrrole nitrogens is 1. The molecule has 0 aliphatic rings. The number of carbonyl (C=O) groups is 1. The van der Waals surface area contributed by atoms with Crippen molar-refractivity contribution in [1.29, 1.82) is 0 Å². The van der Waals surface area contributed by atoms with E-state index in [2.05, 4.69) is 9.97 Å². The van der Waals surface area contributed by atoms with Crippen LogP contribution in [0.3, 0.4) is 0 Å². The predicted octanol–water partition coefficient (Wildman–Crippen LogP) is 4.82. The smallest absolute Gasteiger partial charge is 0.197 e. The molecule has 0 aliphatic carbocycles. The van der Waals surface area contributed by atoms with Gasteiger partial charge in [-0.1, -0.05) is 41.9 Å². The second-order valence-corrected chi connectivity index (χ2v) is 8.93. The summed E-state index contributed by atoms with van der Waals surface area (Å²) in [6, 6.07) is 19.9. The zero-order valence-electron chi connectivity index (χ0n) is 16.6. The average molecular weight is 438 g/mol. The molecule has 0 radical (unpaired) electrons. The molecule has 0 amide bonds. The fourth-order valence-corrected chi connectivity index (χ4v) is 4.58. The number of fused-ring (bicyclic) bond motifs is 1. The number of imidazole rings is 1. The highest BCUT2D eigenvalue weighted by Crippen LogP contribution is 2.26. The van der Waals surface area contributed by atoms with Gasteiger partial charge in [0, 0.05) is 35.9 Å². The van der Waals surface area contributed by atoms with Crippen LogP contribution in [0.1, 0.15) is 21.5 Å². The lowest BCUT2D eigenvalue weighted by atomic mass is 10.0. The van der Waals surface area contributed by atoms with Crippen LogP contribution < -0.4 is 4.90 Å². The highest BCUT2D eigenvalue weighted by molar-refractivity contribution is 7.84. The number of aromatic amines is 1. The maximum Gasteiger partial charge on any atom is 0.197 e. The van der Waals surface area contributed by atoms with E-state index in [-0.39, 0.29) is 11.5 Å². The molecule has 4 rings (SSSR count). The molecule has 30 heavy (non-hydrogen) atoms. The lowest BCUT2D eigenvalue weighted by Crippen LogP contribution is -2.12. The van der Waals surface area contributed by atoms with Crippen molar-refractivity contribution in [2.24, 2.45) is 0 Å². The molecular weight excluding hydrogens is 418 g/mol. The first-order chi connectivity index (χ1) is 14.4. The quantitative estimate of drug-likeness (QED) is 0.439. The van der Waals surface area contributed by atoms with Crippen LogP contribution in [0.15, 0.2) is 71.9 Å². The predicted molar refractivity (Wildman–Crippen MR) is 122 cm³/mol. The van der Waals surface area contributed by atoms with Gasteiger partial charge >= 0.3 is 0 Å². The molecule has 0 spiro atoms. The minimum absolute atomic E-state index is 0.0654. The summed E-state index contributed by atoms with van der Waals surface area (Å²) in [6.07, 6.45) is 0. The molecular formula is C23H20ClN3O2S. The minimum atomic E-state index is -1.39. The summed E-state index contributed by atoms with van der Waals surface area (Å²) >= 11 is 6.14. The van der Waals surface area contributed by atoms with Crippen molar-refractivity contribution < 1.29 is 9.00 Å². The molecule has 5 nitrogen and oxygen atoms in total. The van der Waals surface area contributed by atoms with Gasteiger partial charge in [-0.25, -0.2) is 4.98 Å². The van der Waals surface area contributed by atoms with Crippen molar-refractivity contribution in [2.45, 2.75) is 10.9 Å². The molecule has 0 saturated heterocycles. The lowest BCUT2D eigenvalue weighted by Gasteiger charge is -2.17. The Morgan fingerprint density at radius 2 is 1.80 bits per heavy atom. The summed E-state index contributed by atoms with van der Waals surface area (Å²) in [6.45, 7) is 0. The number of hydrogen-bond acceptors (Lipinski definition) is 4. The fraction of sp³-hybridized carbons (Fsp3) is 0.130. The maximum atomic E-state index is 13.0. The largest absolute Gasteiger partial charge is 0.377 e. The Kier molecular flexibility index (Phi) is 5.70. The zero-order valence-corrected chi connectivity index (χ0v) is 18.1. The second kappa shape index (κ2) is 8.42. The first-order valence-electron chi connectivity index (χ1n) is 9.36. The third-order valence-electron chi connectivity index (χ3n) is 4.78. The van der Waals surface area contributed by atoms with Gasteiger partial charge in [0.25, 0.3) is 0 Å². The van der Waals surface area contributed by atoms with Gasteiger partial charge in [0.1, 0.15) is 0 Å². The SMILES string of the molecule is CN(C)c1ccc(Cl)cc1CS(=O)c1nc2ccc(C(=O)c3ccccc3)cc2[nH]1. The summed E-state index contributed by atoms with van der Waals surface area (Å²) in [4.78, 5) is 22.2. The van der Waals surface area contributed by atoms with Gasteiger partial charge in [0.2, 0.25) is 0 Å². The normalized spacial score (nSPS) is 12.1. The van der Waals surface area contributed by atoms with Crippen molar-refractivity contribution in [2.75, 3.05) is 19.0 Å².